The van der Waals surface area contributed by atoms with Gasteiger partial charge in [0.25, 0.3) is 5.91 Å². The zero-order valence-corrected chi connectivity index (χ0v) is 25.6. The number of aliphatic carboxylic acids is 1. The molecule has 1 aliphatic heterocycles. The van der Waals surface area contributed by atoms with Crippen LogP contribution >= 0.6 is 11.8 Å². The second-order valence-electron chi connectivity index (χ2n) is 10.5. The number of aliphatic imine (C=N–C) groups is 1. The van der Waals surface area contributed by atoms with Crippen molar-refractivity contribution in [3.8, 4) is 11.1 Å². The number of carbonyl (C=O) groups is 2. The number of hydrogen-bond donors (Lipinski definition) is 2. The van der Waals surface area contributed by atoms with Crippen molar-refractivity contribution in [2.45, 2.75) is 58.3 Å². The molecule has 1 heterocycles. The van der Waals surface area contributed by atoms with Gasteiger partial charge in [0.05, 0.1) is 19.7 Å². The van der Waals surface area contributed by atoms with Crippen LogP contribution in [0.5, 0.6) is 0 Å². The first kappa shape index (κ1) is 32.4. The Bertz CT molecular complexity index is 1240. The number of carboxylic acids is 1. The van der Waals surface area contributed by atoms with Crippen molar-refractivity contribution in [3.05, 3.63) is 71.0 Å². The van der Waals surface area contributed by atoms with Gasteiger partial charge in [-0.1, -0.05) is 50.1 Å². The van der Waals surface area contributed by atoms with E-state index in [-0.39, 0.29) is 6.10 Å². The third kappa shape index (κ3) is 9.73. The van der Waals surface area contributed by atoms with E-state index in [1.807, 2.05) is 74.6 Å². The van der Waals surface area contributed by atoms with Crippen molar-refractivity contribution in [1.29, 1.82) is 0 Å². The van der Waals surface area contributed by atoms with Gasteiger partial charge in [-0.3, -0.25) is 4.79 Å². The number of hydrogen-bond acceptors (Lipinski definition) is 7. The monoisotopic (exact) mass is 581 g/mol. The molecule has 0 radical (unpaired) electrons. The highest BCUT2D eigenvalue weighted by Crippen LogP contribution is 2.29. The molecule has 1 amide bonds. The van der Waals surface area contributed by atoms with Gasteiger partial charge in [0.15, 0.2) is 0 Å². The van der Waals surface area contributed by atoms with E-state index in [1.54, 1.807) is 17.8 Å². The lowest BCUT2D eigenvalue weighted by atomic mass is 9.93. The summed E-state index contributed by atoms with van der Waals surface area (Å²) in [6.45, 7) is 5.68. The molecular formula is C32H43N3O5S. The van der Waals surface area contributed by atoms with Crippen LogP contribution < -0.4 is 5.32 Å². The number of carboxylic acid groups (broad SMARTS) is 1. The largest absolute Gasteiger partial charge is 0.480 e. The van der Waals surface area contributed by atoms with Crippen LogP contribution in [0.2, 0.25) is 0 Å². The molecule has 9 heteroatoms. The Morgan fingerprint density at radius 3 is 2.63 bits per heavy atom. The number of ether oxygens (including phenoxy) is 2. The molecule has 0 fully saturated rings. The van der Waals surface area contributed by atoms with Crippen molar-refractivity contribution >= 4 is 29.5 Å². The van der Waals surface area contributed by atoms with E-state index in [0.29, 0.717) is 43.3 Å². The molecule has 2 N–H and O–H groups in total. The van der Waals surface area contributed by atoms with Crippen molar-refractivity contribution in [2.24, 2.45) is 4.99 Å². The second kappa shape index (κ2) is 16.3. The molecule has 2 atom stereocenters. The number of thioether (sulfide) groups is 1. The number of aryl methyl sites for hydroxylation is 1. The van der Waals surface area contributed by atoms with Gasteiger partial charge >= 0.3 is 5.97 Å². The molecule has 0 spiro atoms. The van der Waals surface area contributed by atoms with Gasteiger partial charge in [-0.2, -0.15) is 11.8 Å². The summed E-state index contributed by atoms with van der Waals surface area (Å²) in [7, 11) is 3.97. The summed E-state index contributed by atoms with van der Waals surface area (Å²) in [4.78, 5) is 31.7. The molecule has 0 aliphatic carbocycles. The minimum atomic E-state index is -1.04. The summed E-state index contributed by atoms with van der Waals surface area (Å²) in [5, 5.41) is 12.4. The van der Waals surface area contributed by atoms with Gasteiger partial charge in [-0.05, 0) is 86.3 Å². The molecule has 0 aromatic heterocycles. The topological polar surface area (TPSA) is 100 Å². The third-order valence-electron chi connectivity index (χ3n) is 6.81. The highest BCUT2D eigenvalue weighted by atomic mass is 32.2. The van der Waals surface area contributed by atoms with E-state index in [9.17, 15) is 14.7 Å². The van der Waals surface area contributed by atoms with Crippen LogP contribution in [0, 0.1) is 6.92 Å². The average Bonchev–Trinajstić information content (AvgIpc) is 2.95. The van der Waals surface area contributed by atoms with Gasteiger partial charge in [0, 0.05) is 5.56 Å². The molecular weight excluding hydrogens is 538 g/mol. The molecule has 41 heavy (non-hydrogen) atoms. The summed E-state index contributed by atoms with van der Waals surface area (Å²) in [5.74, 6) is 0.682. The molecule has 2 unspecified atom stereocenters. The van der Waals surface area contributed by atoms with Gasteiger partial charge in [0.2, 0.25) is 5.90 Å². The van der Waals surface area contributed by atoms with Crippen LogP contribution in [0.25, 0.3) is 11.1 Å². The van der Waals surface area contributed by atoms with Crippen molar-refractivity contribution < 1.29 is 24.2 Å². The molecule has 2 aromatic carbocycles. The fourth-order valence-electron chi connectivity index (χ4n) is 4.60. The Hall–Kier alpha value is -3.14. The van der Waals surface area contributed by atoms with E-state index in [0.717, 1.165) is 47.3 Å². The molecule has 3 rings (SSSR count). The summed E-state index contributed by atoms with van der Waals surface area (Å²) in [6.07, 6.45) is 6.92. The van der Waals surface area contributed by atoms with Gasteiger partial charge in [-0.25, -0.2) is 9.79 Å². The number of carbonyl (C=O) groups excluding carboxylic acids is 1. The smallest absolute Gasteiger partial charge is 0.326 e. The lowest BCUT2D eigenvalue weighted by molar-refractivity contribution is -0.139. The fraction of sp³-hybridized carbons (Fsp3) is 0.469. The Balaban J connectivity index is 1.86. The van der Waals surface area contributed by atoms with E-state index >= 15 is 0 Å². The van der Waals surface area contributed by atoms with Crippen LogP contribution in [0.15, 0.2) is 59.3 Å². The molecule has 2 aromatic rings. The SMILES string of the molecule is CCCCC(OCc1ccc(C(=O)NC(CCSC)C(=O)O)c(-c2ccccc2C)c1)C1=CCN=C(CN(C)C)O1. The van der Waals surface area contributed by atoms with E-state index in [2.05, 4.69) is 17.2 Å². The average molecular weight is 582 g/mol. The Labute approximate surface area is 248 Å². The zero-order valence-electron chi connectivity index (χ0n) is 24.8. The van der Waals surface area contributed by atoms with Gasteiger partial charge in [0.1, 0.15) is 17.9 Å². The number of benzene rings is 2. The van der Waals surface area contributed by atoms with Crippen LogP contribution in [0.1, 0.15) is 54.1 Å². The summed E-state index contributed by atoms with van der Waals surface area (Å²) in [5.41, 5.74) is 4.03. The number of amides is 1. The van der Waals surface area contributed by atoms with Crippen LogP contribution in [-0.2, 0) is 20.9 Å². The number of nitrogens with one attached hydrogen (secondary N) is 1. The van der Waals surface area contributed by atoms with Crippen LogP contribution in [-0.4, -0.2) is 79.1 Å². The first-order chi connectivity index (χ1) is 19.7. The molecule has 8 nitrogen and oxygen atoms in total. The highest BCUT2D eigenvalue weighted by Gasteiger charge is 2.24. The summed E-state index contributed by atoms with van der Waals surface area (Å²) in [6, 6.07) is 12.5. The fourth-order valence-corrected chi connectivity index (χ4v) is 5.07. The maximum atomic E-state index is 13.4. The Morgan fingerprint density at radius 2 is 1.95 bits per heavy atom. The highest BCUT2D eigenvalue weighted by molar-refractivity contribution is 7.98. The predicted molar refractivity (Wildman–Crippen MR) is 167 cm³/mol. The Kier molecular flexibility index (Phi) is 12.9. The molecule has 0 bridgehead atoms. The summed E-state index contributed by atoms with van der Waals surface area (Å²) >= 11 is 1.55. The number of unbranched alkanes of at least 4 members (excludes halogenated alkanes) is 1. The van der Waals surface area contributed by atoms with E-state index in [1.165, 1.54) is 0 Å². The molecule has 0 saturated carbocycles. The normalized spacial score (nSPS) is 14.6. The summed E-state index contributed by atoms with van der Waals surface area (Å²) < 4.78 is 12.6. The third-order valence-corrected chi connectivity index (χ3v) is 7.46. The maximum Gasteiger partial charge on any atom is 0.326 e. The van der Waals surface area contributed by atoms with Gasteiger partial charge in [-0.15, -0.1) is 0 Å². The van der Waals surface area contributed by atoms with Crippen molar-refractivity contribution in [2.75, 3.05) is 39.2 Å². The molecule has 1 aliphatic rings. The van der Waals surface area contributed by atoms with Crippen LogP contribution in [0.4, 0.5) is 0 Å². The first-order valence-corrected chi connectivity index (χ1v) is 15.5. The minimum Gasteiger partial charge on any atom is -0.480 e. The van der Waals surface area contributed by atoms with Crippen LogP contribution in [0.3, 0.4) is 0 Å². The quantitative estimate of drug-likeness (QED) is 0.268. The molecule has 0 saturated heterocycles. The first-order valence-electron chi connectivity index (χ1n) is 14.1. The van der Waals surface area contributed by atoms with Crippen molar-refractivity contribution in [1.82, 2.24) is 10.2 Å². The van der Waals surface area contributed by atoms with E-state index < -0.39 is 17.9 Å². The molecule has 222 valence electrons. The predicted octanol–water partition coefficient (Wildman–Crippen LogP) is 5.55. The maximum absolute atomic E-state index is 13.4. The number of nitrogens with zero attached hydrogens (tertiary/aromatic N) is 2. The number of rotatable bonds is 16. The Morgan fingerprint density at radius 1 is 1.17 bits per heavy atom. The number of likely N-dealkylation sites (N-methyl/N-ethyl adjacent to an activating group) is 1. The second-order valence-corrected chi connectivity index (χ2v) is 11.4. The van der Waals surface area contributed by atoms with Crippen molar-refractivity contribution in [3.63, 3.8) is 0 Å². The minimum absolute atomic E-state index is 0.208. The van der Waals surface area contributed by atoms with Gasteiger partial charge < -0.3 is 24.8 Å². The zero-order chi connectivity index (χ0) is 29.8. The lowest BCUT2D eigenvalue weighted by Crippen LogP contribution is -2.41. The van der Waals surface area contributed by atoms with E-state index in [4.69, 9.17) is 9.47 Å². The standard InChI is InChI=1S/C32H43N3O5S/c1-6-7-12-28(29-15-17-33-30(40-29)20-35(3)4)39-21-23-13-14-25(26(19-23)24-11-9-8-10-22(24)2)31(36)34-27(32(37)38)16-18-41-5/h8-11,13-15,19,27-28H,6-7,12,16-18,20-21H2,1-5H3,(H,34,36)(H,37,38). The lowest BCUT2D eigenvalue weighted by Gasteiger charge is -2.25.